The molecule has 2 aromatic rings. The van der Waals surface area contributed by atoms with Crippen LogP contribution < -0.4 is 10.6 Å². The van der Waals surface area contributed by atoms with Crippen LogP contribution in [-0.2, 0) is 0 Å². The Labute approximate surface area is 112 Å². The Kier molecular flexibility index (Phi) is 3.46. The van der Waals surface area contributed by atoms with Crippen molar-refractivity contribution in [3.8, 4) is 0 Å². The van der Waals surface area contributed by atoms with Gasteiger partial charge in [-0.1, -0.05) is 12.1 Å². The van der Waals surface area contributed by atoms with E-state index in [-0.39, 0.29) is 5.84 Å². The second-order valence-electron chi connectivity index (χ2n) is 4.40. The molecule has 19 heavy (non-hydrogen) atoms. The zero-order valence-electron chi connectivity index (χ0n) is 11.3. The Balaban J connectivity index is 2.49. The quantitative estimate of drug-likeness (QED) is 0.650. The number of para-hydroxylation sites is 1. The molecule has 0 fully saturated rings. The Morgan fingerprint density at radius 1 is 1.21 bits per heavy atom. The summed E-state index contributed by atoms with van der Waals surface area (Å²) in [5.41, 5.74) is 8.07. The Hall–Kier alpha value is -2.43. The first-order valence-corrected chi connectivity index (χ1v) is 5.98. The largest absolute Gasteiger partial charge is 0.384 e. The van der Waals surface area contributed by atoms with Crippen molar-refractivity contribution >= 4 is 17.3 Å². The van der Waals surface area contributed by atoms with Gasteiger partial charge in [0.2, 0.25) is 0 Å². The van der Waals surface area contributed by atoms with E-state index < -0.39 is 0 Å². The first kappa shape index (κ1) is 13.0. The van der Waals surface area contributed by atoms with Gasteiger partial charge in [0.05, 0.1) is 5.69 Å². The van der Waals surface area contributed by atoms with Crippen molar-refractivity contribution in [3.05, 3.63) is 47.4 Å². The summed E-state index contributed by atoms with van der Waals surface area (Å²) in [5, 5.41) is 7.63. The number of benzene rings is 1. The van der Waals surface area contributed by atoms with Crippen molar-refractivity contribution in [1.82, 2.24) is 9.97 Å². The molecule has 0 aliphatic rings. The highest BCUT2D eigenvalue weighted by Crippen LogP contribution is 2.25. The summed E-state index contributed by atoms with van der Waals surface area (Å²) in [5.74, 6) is 1.56. The average molecular weight is 255 g/mol. The number of hydrogen-bond donors (Lipinski definition) is 2. The van der Waals surface area contributed by atoms with Crippen molar-refractivity contribution in [2.24, 2.45) is 5.73 Å². The molecule has 0 unspecified atom stereocenters. The van der Waals surface area contributed by atoms with Crippen LogP contribution in [0.3, 0.4) is 0 Å². The molecule has 0 aliphatic heterocycles. The van der Waals surface area contributed by atoms with Crippen LogP contribution >= 0.6 is 0 Å². The van der Waals surface area contributed by atoms with Gasteiger partial charge in [-0.3, -0.25) is 5.41 Å². The SMILES string of the molecule is Cc1cc(N(C)c2ccccc2C(=N)N)nc(C)n1. The van der Waals surface area contributed by atoms with E-state index in [0.29, 0.717) is 5.56 Å². The molecule has 0 saturated carbocycles. The summed E-state index contributed by atoms with van der Waals surface area (Å²) in [7, 11) is 1.91. The zero-order valence-corrected chi connectivity index (χ0v) is 11.3. The predicted octanol–water partition coefficient (Wildman–Crippen LogP) is 2.15. The zero-order chi connectivity index (χ0) is 14.0. The van der Waals surface area contributed by atoms with Crippen LogP contribution in [0.4, 0.5) is 11.5 Å². The maximum atomic E-state index is 7.63. The maximum Gasteiger partial charge on any atom is 0.136 e. The summed E-state index contributed by atoms with van der Waals surface area (Å²) < 4.78 is 0. The highest BCUT2D eigenvalue weighted by Gasteiger charge is 2.12. The molecule has 3 N–H and O–H groups in total. The van der Waals surface area contributed by atoms with Crippen LogP contribution in [0.1, 0.15) is 17.1 Å². The molecule has 2 rings (SSSR count). The number of anilines is 2. The topological polar surface area (TPSA) is 78.9 Å². The predicted molar refractivity (Wildman–Crippen MR) is 77.0 cm³/mol. The monoisotopic (exact) mass is 255 g/mol. The number of nitrogen functional groups attached to an aromatic ring is 1. The van der Waals surface area contributed by atoms with Crippen molar-refractivity contribution in [2.75, 3.05) is 11.9 Å². The molecule has 1 aromatic carbocycles. The molecule has 0 saturated heterocycles. The number of nitrogens with two attached hydrogens (primary N) is 1. The lowest BCUT2D eigenvalue weighted by Crippen LogP contribution is -2.19. The minimum absolute atomic E-state index is 0.0463. The highest BCUT2D eigenvalue weighted by molar-refractivity contribution is 6.01. The van der Waals surface area contributed by atoms with E-state index in [9.17, 15) is 0 Å². The van der Waals surface area contributed by atoms with Gasteiger partial charge in [-0.2, -0.15) is 0 Å². The van der Waals surface area contributed by atoms with Gasteiger partial charge in [-0.15, -0.1) is 0 Å². The molecule has 5 heteroatoms. The molecular weight excluding hydrogens is 238 g/mol. The Bertz CT molecular complexity index is 601. The van der Waals surface area contributed by atoms with E-state index in [1.165, 1.54) is 0 Å². The molecule has 0 atom stereocenters. The van der Waals surface area contributed by atoms with E-state index in [1.54, 1.807) is 0 Å². The summed E-state index contributed by atoms with van der Waals surface area (Å²) >= 11 is 0. The van der Waals surface area contributed by atoms with Gasteiger partial charge in [0.25, 0.3) is 0 Å². The van der Waals surface area contributed by atoms with Crippen molar-refractivity contribution in [1.29, 1.82) is 5.41 Å². The molecule has 0 amide bonds. The number of hydrogen-bond acceptors (Lipinski definition) is 4. The fourth-order valence-electron chi connectivity index (χ4n) is 1.99. The smallest absolute Gasteiger partial charge is 0.136 e. The van der Waals surface area contributed by atoms with Crippen molar-refractivity contribution in [3.63, 3.8) is 0 Å². The molecule has 0 spiro atoms. The third-order valence-corrected chi connectivity index (χ3v) is 2.85. The van der Waals surface area contributed by atoms with Crippen LogP contribution in [0.2, 0.25) is 0 Å². The number of aryl methyl sites for hydroxylation is 2. The molecule has 1 heterocycles. The average Bonchev–Trinajstić information content (AvgIpc) is 2.36. The molecule has 0 aliphatic carbocycles. The Morgan fingerprint density at radius 3 is 2.53 bits per heavy atom. The third kappa shape index (κ3) is 2.70. The van der Waals surface area contributed by atoms with Gasteiger partial charge >= 0.3 is 0 Å². The van der Waals surface area contributed by atoms with Crippen LogP contribution in [0.5, 0.6) is 0 Å². The molecule has 0 radical (unpaired) electrons. The highest BCUT2D eigenvalue weighted by atomic mass is 15.2. The fraction of sp³-hybridized carbons (Fsp3) is 0.214. The molecule has 5 nitrogen and oxygen atoms in total. The lowest BCUT2D eigenvalue weighted by Gasteiger charge is -2.21. The van der Waals surface area contributed by atoms with Gasteiger partial charge < -0.3 is 10.6 Å². The Morgan fingerprint density at radius 2 is 1.89 bits per heavy atom. The first-order chi connectivity index (χ1) is 8.99. The van der Waals surface area contributed by atoms with Crippen LogP contribution in [0.15, 0.2) is 30.3 Å². The normalized spacial score (nSPS) is 10.3. The summed E-state index contributed by atoms with van der Waals surface area (Å²) in [4.78, 5) is 10.6. The summed E-state index contributed by atoms with van der Waals surface area (Å²) in [6.45, 7) is 3.80. The summed E-state index contributed by atoms with van der Waals surface area (Å²) in [6.07, 6.45) is 0. The van der Waals surface area contributed by atoms with Crippen molar-refractivity contribution in [2.45, 2.75) is 13.8 Å². The van der Waals surface area contributed by atoms with Gasteiger partial charge in [0.15, 0.2) is 0 Å². The summed E-state index contributed by atoms with van der Waals surface area (Å²) in [6, 6.07) is 9.44. The fourth-order valence-corrected chi connectivity index (χ4v) is 1.99. The van der Waals surface area contributed by atoms with Crippen LogP contribution in [0, 0.1) is 19.3 Å². The lowest BCUT2D eigenvalue weighted by molar-refractivity contribution is 0.981. The van der Waals surface area contributed by atoms with Gasteiger partial charge in [0.1, 0.15) is 17.5 Å². The second kappa shape index (κ2) is 5.06. The number of nitrogens with one attached hydrogen (secondary N) is 1. The molecule has 98 valence electrons. The number of amidine groups is 1. The number of rotatable bonds is 3. The molecule has 0 bridgehead atoms. The van der Waals surface area contributed by atoms with Gasteiger partial charge in [0, 0.05) is 24.4 Å². The number of nitrogens with zero attached hydrogens (tertiary/aromatic N) is 3. The van der Waals surface area contributed by atoms with E-state index in [0.717, 1.165) is 23.0 Å². The van der Waals surface area contributed by atoms with Crippen LogP contribution in [0.25, 0.3) is 0 Å². The second-order valence-corrected chi connectivity index (χ2v) is 4.40. The number of aromatic nitrogens is 2. The first-order valence-electron chi connectivity index (χ1n) is 5.98. The molecular formula is C14H17N5. The molecule has 1 aromatic heterocycles. The van der Waals surface area contributed by atoms with E-state index in [1.807, 2.05) is 56.1 Å². The van der Waals surface area contributed by atoms with Gasteiger partial charge in [-0.05, 0) is 26.0 Å². The standard InChI is InChI=1S/C14H17N5/c1-9-8-13(18-10(2)17-9)19(3)12-7-5-4-6-11(12)14(15)16/h4-8H,1-3H3,(H3,15,16). The third-order valence-electron chi connectivity index (χ3n) is 2.85. The lowest BCUT2D eigenvalue weighted by atomic mass is 10.1. The van der Waals surface area contributed by atoms with Crippen molar-refractivity contribution < 1.29 is 0 Å². The van der Waals surface area contributed by atoms with Crippen LogP contribution in [-0.4, -0.2) is 22.9 Å². The van der Waals surface area contributed by atoms with E-state index >= 15 is 0 Å². The van der Waals surface area contributed by atoms with E-state index in [4.69, 9.17) is 11.1 Å². The minimum Gasteiger partial charge on any atom is -0.384 e. The van der Waals surface area contributed by atoms with Gasteiger partial charge in [-0.25, -0.2) is 9.97 Å². The maximum absolute atomic E-state index is 7.63. The minimum atomic E-state index is 0.0463. The van der Waals surface area contributed by atoms with E-state index in [2.05, 4.69) is 9.97 Å².